The van der Waals surface area contributed by atoms with Gasteiger partial charge in [0.15, 0.2) is 5.13 Å². The molecule has 0 radical (unpaired) electrons. The fraction of sp³-hybridized carbons (Fsp3) is 0.625. The standard InChI is InChI=1S/C8H12N2S.ClH/c1-5-2-3-6-7(4-5)11-8(9)10-6;/h5H,2-4H2,1H3,(H2,9,10);1H/p-1. The molecule has 12 heavy (non-hydrogen) atoms. The molecule has 0 saturated heterocycles. The molecule has 1 unspecified atom stereocenters. The molecule has 1 aliphatic carbocycles. The number of fused-ring (bicyclic) bond motifs is 1. The number of halogens is 1. The number of anilines is 1. The topological polar surface area (TPSA) is 38.9 Å². The van der Waals surface area contributed by atoms with E-state index in [9.17, 15) is 0 Å². The van der Waals surface area contributed by atoms with E-state index < -0.39 is 0 Å². The molecule has 2 rings (SSSR count). The summed E-state index contributed by atoms with van der Waals surface area (Å²) in [4.78, 5) is 5.70. The summed E-state index contributed by atoms with van der Waals surface area (Å²) in [5.41, 5.74) is 6.87. The lowest BCUT2D eigenvalue weighted by Crippen LogP contribution is -3.00. The number of nitrogens with two attached hydrogens (primary N) is 1. The first-order valence-electron chi connectivity index (χ1n) is 4.00. The molecule has 2 nitrogen and oxygen atoms in total. The Bertz CT molecular complexity index is 272. The van der Waals surface area contributed by atoms with Gasteiger partial charge in [0.1, 0.15) is 0 Å². The molecule has 0 aliphatic heterocycles. The van der Waals surface area contributed by atoms with Crippen LogP contribution in [0.4, 0.5) is 5.13 Å². The summed E-state index contributed by atoms with van der Waals surface area (Å²) >= 11 is 1.66. The third-order valence-corrected chi connectivity index (χ3v) is 3.15. The van der Waals surface area contributed by atoms with Gasteiger partial charge >= 0.3 is 0 Å². The minimum absolute atomic E-state index is 0. The first-order valence-corrected chi connectivity index (χ1v) is 4.81. The highest BCUT2D eigenvalue weighted by atomic mass is 35.5. The van der Waals surface area contributed by atoms with E-state index >= 15 is 0 Å². The number of aromatic nitrogens is 1. The summed E-state index contributed by atoms with van der Waals surface area (Å²) in [7, 11) is 0. The van der Waals surface area contributed by atoms with Crippen molar-refractivity contribution in [3.05, 3.63) is 10.6 Å². The molecule has 0 spiro atoms. The van der Waals surface area contributed by atoms with Crippen LogP contribution in [-0.2, 0) is 12.8 Å². The number of hydrogen-bond acceptors (Lipinski definition) is 3. The van der Waals surface area contributed by atoms with Gasteiger partial charge < -0.3 is 18.1 Å². The van der Waals surface area contributed by atoms with Gasteiger partial charge in [-0.1, -0.05) is 6.92 Å². The van der Waals surface area contributed by atoms with Crippen molar-refractivity contribution in [2.75, 3.05) is 5.73 Å². The average Bonchev–Trinajstić information content (AvgIpc) is 2.27. The zero-order chi connectivity index (χ0) is 7.84. The molecule has 0 amide bonds. The summed E-state index contributed by atoms with van der Waals surface area (Å²) in [6, 6.07) is 0. The Morgan fingerprint density at radius 1 is 1.58 bits per heavy atom. The molecule has 0 bridgehead atoms. The van der Waals surface area contributed by atoms with Crippen LogP contribution in [0.1, 0.15) is 23.9 Å². The van der Waals surface area contributed by atoms with Crippen molar-refractivity contribution in [2.24, 2.45) is 5.92 Å². The van der Waals surface area contributed by atoms with E-state index in [4.69, 9.17) is 5.73 Å². The Balaban J connectivity index is 0.000000720. The molecule has 1 atom stereocenters. The Morgan fingerprint density at radius 2 is 2.33 bits per heavy atom. The van der Waals surface area contributed by atoms with Gasteiger partial charge in [-0.25, -0.2) is 4.98 Å². The van der Waals surface area contributed by atoms with Crippen molar-refractivity contribution in [1.82, 2.24) is 4.98 Å². The highest BCUT2D eigenvalue weighted by Gasteiger charge is 2.18. The van der Waals surface area contributed by atoms with Crippen molar-refractivity contribution in [2.45, 2.75) is 26.2 Å². The van der Waals surface area contributed by atoms with Gasteiger partial charge in [0, 0.05) is 4.88 Å². The van der Waals surface area contributed by atoms with E-state index in [2.05, 4.69) is 11.9 Å². The van der Waals surface area contributed by atoms with Gasteiger partial charge in [-0.3, -0.25) is 0 Å². The Kier molecular flexibility index (Phi) is 2.96. The lowest BCUT2D eigenvalue weighted by molar-refractivity contribution is -0.00000243. The van der Waals surface area contributed by atoms with Crippen LogP contribution in [0.3, 0.4) is 0 Å². The van der Waals surface area contributed by atoms with E-state index in [0.29, 0.717) is 0 Å². The minimum atomic E-state index is 0. The predicted octanol–water partition coefficient (Wildman–Crippen LogP) is -1.15. The van der Waals surface area contributed by atoms with Crippen LogP contribution < -0.4 is 18.1 Å². The SMILES string of the molecule is CC1CCc2nc(N)sc2C1.[Cl-]. The fourth-order valence-electron chi connectivity index (χ4n) is 1.56. The molecule has 0 saturated carbocycles. The summed E-state index contributed by atoms with van der Waals surface area (Å²) in [5, 5.41) is 0.740. The monoisotopic (exact) mass is 203 g/mol. The number of aryl methyl sites for hydroxylation is 1. The Hall–Kier alpha value is -0.280. The summed E-state index contributed by atoms with van der Waals surface area (Å²) in [6.45, 7) is 2.29. The maximum atomic E-state index is 5.61. The first kappa shape index (κ1) is 9.81. The average molecular weight is 204 g/mol. The smallest absolute Gasteiger partial charge is 0.180 e. The van der Waals surface area contributed by atoms with Crippen molar-refractivity contribution in [1.29, 1.82) is 0 Å². The number of hydrogen-bond donors (Lipinski definition) is 1. The predicted molar refractivity (Wildman–Crippen MR) is 47.7 cm³/mol. The second kappa shape index (κ2) is 3.62. The van der Waals surface area contributed by atoms with Crippen LogP contribution in [-0.4, -0.2) is 4.98 Å². The number of nitrogen functional groups attached to an aromatic ring is 1. The van der Waals surface area contributed by atoms with Gasteiger partial charge in [-0.15, -0.1) is 11.3 Å². The molecule has 1 aromatic heterocycles. The van der Waals surface area contributed by atoms with Crippen LogP contribution >= 0.6 is 11.3 Å². The molecule has 0 aromatic carbocycles. The zero-order valence-corrected chi connectivity index (χ0v) is 8.58. The highest BCUT2D eigenvalue weighted by molar-refractivity contribution is 7.15. The summed E-state index contributed by atoms with van der Waals surface area (Å²) < 4.78 is 0. The van der Waals surface area contributed by atoms with Crippen LogP contribution in [0.25, 0.3) is 0 Å². The van der Waals surface area contributed by atoms with Gasteiger partial charge in [0.05, 0.1) is 5.69 Å². The molecule has 68 valence electrons. The molecular weight excluding hydrogens is 192 g/mol. The lowest BCUT2D eigenvalue weighted by Gasteiger charge is -2.15. The van der Waals surface area contributed by atoms with Gasteiger partial charge in [-0.05, 0) is 25.2 Å². The normalized spacial score (nSPS) is 21.2. The third kappa shape index (κ3) is 1.72. The minimum Gasteiger partial charge on any atom is -1.00 e. The highest BCUT2D eigenvalue weighted by Crippen LogP contribution is 2.30. The molecule has 0 fully saturated rings. The van der Waals surface area contributed by atoms with E-state index in [1.165, 1.54) is 23.4 Å². The zero-order valence-electron chi connectivity index (χ0n) is 7.01. The second-order valence-electron chi connectivity index (χ2n) is 3.27. The van der Waals surface area contributed by atoms with Gasteiger partial charge in [0.2, 0.25) is 0 Å². The van der Waals surface area contributed by atoms with Crippen molar-refractivity contribution in [3.8, 4) is 0 Å². The van der Waals surface area contributed by atoms with E-state index in [0.717, 1.165) is 17.5 Å². The largest absolute Gasteiger partial charge is 1.00 e. The third-order valence-electron chi connectivity index (χ3n) is 2.20. The Labute approximate surface area is 82.6 Å². The molecule has 4 heteroatoms. The van der Waals surface area contributed by atoms with Crippen LogP contribution in [0.2, 0.25) is 0 Å². The van der Waals surface area contributed by atoms with Gasteiger partial charge in [-0.2, -0.15) is 0 Å². The summed E-state index contributed by atoms with van der Waals surface area (Å²) in [6.07, 6.45) is 3.59. The fourth-order valence-corrected chi connectivity index (χ4v) is 2.60. The van der Waals surface area contributed by atoms with Crippen LogP contribution in [0.5, 0.6) is 0 Å². The summed E-state index contributed by atoms with van der Waals surface area (Å²) in [5.74, 6) is 0.822. The lowest BCUT2D eigenvalue weighted by atomic mass is 9.93. The Morgan fingerprint density at radius 3 is 3.08 bits per heavy atom. The van der Waals surface area contributed by atoms with Crippen LogP contribution in [0.15, 0.2) is 0 Å². The maximum Gasteiger partial charge on any atom is 0.180 e. The molecular formula is C8H12ClN2S-. The number of nitrogens with zero attached hydrogens (tertiary/aromatic N) is 1. The first-order chi connectivity index (χ1) is 5.25. The quantitative estimate of drug-likeness (QED) is 0.579. The van der Waals surface area contributed by atoms with Crippen molar-refractivity contribution < 1.29 is 12.4 Å². The van der Waals surface area contributed by atoms with Gasteiger partial charge in [0.25, 0.3) is 0 Å². The number of thiazole rings is 1. The molecule has 1 heterocycles. The maximum absolute atomic E-state index is 5.61. The second-order valence-corrected chi connectivity index (χ2v) is 4.39. The molecule has 1 aliphatic rings. The van der Waals surface area contributed by atoms with E-state index in [1.807, 2.05) is 0 Å². The molecule has 2 N–H and O–H groups in total. The van der Waals surface area contributed by atoms with Crippen molar-refractivity contribution in [3.63, 3.8) is 0 Å². The van der Waals surface area contributed by atoms with E-state index in [-0.39, 0.29) is 12.4 Å². The van der Waals surface area contributed by atoms with E-state index in [1.54, 1.807) is 11.3 Å². The number of rotatable bonds is 0. The van der Waals surface area contributed by atoms with Crippen molar-refractivity contribution >= 4 is 16.5 Å². The van der Waals surface area contributed by atoms with Crippen LogP contribution in [0, 0.1) is 5.92 Å². The molecule has 1 aromatic rings.